The van der Waals surface area contributed by atoms with Crippen molar-refractivity contribution in [2.45, 2.75) is 39.2 Å². The molecular formula is C22H23NO4. The molecule has 1 saturated heterocycles. The van der Waals surface area contributed by atoms with Gasteiger partial charge in [0, 0.05) is 24.2 Å². The van der Waals surface area contributed by atoms with Gasteiger partial charge in [-0.25, -0.2) is 4.79 Å². The van der Waals surface area contributed by atoms with E-state index in [9.17, 15) is 14.4 Å². The maximum absolute atomic E-state index is 12.5. The molecule has 140 valence electrons. The molecule has 2 aromatic rings. The van der Waals surface area contributed by atoms with Crippen molar-refractivity contribution in [2.75, 3.05) is 11.4 Å². The number of amides is 1. The number of hydrogen-bond acceptors (Lipinski definition) is 4. The van der Waals surface area contributed by atoms with Crippen LogP contribution in [-0.2, 0) is 16.0 Å². The predicted molar refractivity (Wildman–Crippen MR) is 103 cm³/mol. The van der Waals surface area contributed by atoms with Crippen LogP contribution < -0.4 is 4.90 Å². The maximum Gasteiger partial charge on any atom is 0.338 e. The number of aryl methyl sites for hydroxylation is 1. The van der Waals surface area contributed by atoms with E-state index in [1.54, 1.807) is 48.2 Å². The summed E-state index contributed by atoms with van der Waals surface area (Å²) in [7, 11) is 0. The van der Waals surface area contributed by atoms with Gasteiger partial charge in [0.25, 0.3) is 0 Å². The van der Waals surface area contributed by atoms with Crippen LogP contribution in [0.25, 0.3) is 0 Å². The molecule has 0 aliphatic carbocycles. The Morgan fingerprint density at radius 2 is 1.85 bits per heavy atom. The Morgan fingerprint density at radius 1 is 1.11 bits per heavy atom. The Labute approximate surface area is 158 Å². The second-order valence-corrected chi connectivity index (χ2v) is 6.66. The first-order valence-corrected chi connectivity index (χ1v) is 9.24. The van der Waals surface area contributed by atoms with Gasteiger partial charge >= 0.3 is 5.97 Å². The van der Waals surface area contributed by atoms with Crippen molar-refractivity contribution in [3.63, 3.8) is 0 Å². The Bertz CT molecular complexity index is 857. The number of nitrogens with zero attached hydrogens (tertiary/aromatic N) is 1. The molecule has 3 rings (SSSR count). The third-order valence-corrected chi connectivity index (χ3v) is 4.77. The molecule has 1 aliphatic heterocycles. The Balaban J connectivity index is 1.68. The van der Waals surface area contributed by atoms with Crippen LogP contribution >= 0.6 is 0 Å². The number of anilines is 1. The average molecular weight is 365 g/mol. The lowest BCUT2D eigenvalue weighted by Crippen LogP contribution is -2.25. The number of ether oxygens (including phenoxy) is 1. The zero-order chi connectivity index (χ0) is 19.4. The second kappa shape index (κ2) is 8.16. The monoisotopic (exact) mass is 365 g/mol. The molecule has 0 aromatic heterocycles. The highest BCUT2D eigenvalue weighted by Gasteiger charge is 2.24. The largest absolute Gasteiger partial charge is 0.451 e. The molecule has 1 aliphatic rings. The first-order chi connectivity index (χ1) is 13.0. The Kier molecular flexibility index (Phi) is 5.69. The number of carbonyl (C=O) groups is 3. The summed E-state index contributed by atoms with van der Waals surface area (Å²) in [5.74, 6) is -0.758. The fourth-order valence-electron chi connectivity index (χ4n) is 3.14. The summed E-state index contributed by atoms with van der Waals surface area (Å²) >= 11 is 0. The van der Waals surface area contributed by atoms with E-state index >= 15 is 0 Å². The summed E-state index contributed by atoms with van der Waals surface area (Å²) in [5.41, 5.74) is 2.67. The van der Waals surface area contributed by atoms with E-state index in [4.69, 9.17) is 4.74 Å². The molecule has 0 spiro atoms. The van der Waals surface area contributed by atoms with E-state index in [1.165, 1.54) is 0 Å². The SMILES string of the molecule is CCc1ccc(C(=O)C(C)OC(=O)c2cccc(N3CCCC3=O)c2)cc1. The van der Waals surface area contributed by atoms with Gasteiger partial charge in [-0.2, -0.15) is 0 Å². The molecule has 5 heteroatoms. The van der Waals surface area contributed by atoms with Gasteiger partial charge in [-0.1, -0.05) is 37.3 Å². The molecule has 27 heavy (non-hydrogen) atoms. The van der Waals surface area contributed by atoms with Crippen LogP contribution in [-0.4, -0.2) is 30.3 Å². The normalized spacial score (nSPS) is 14.9. The fourth-order valence-corrected chi connectivity index (χ4v) is 3.14. The molecule has 2 aromatic carbocycles. The molecule has 0 saturated carbocycles. The molecule has 0 N–H and O–H groups in total. The summed E-state index contributed by atoms with van der Waals surface area (Å²) < 4.78 is 5.36. The number of benzene rings is 2. The number of hydrogen-bond donors (Lipinski definition) is 0. The molecule has 0 bridgehead atoms. The van der Waals surface area contributed by atoms with Gasteiger partial charge in [0.15, 0.2) is 6.10 Å². The minimum atomic E-state index is -0.887. The minimum Gasteiger partial charge on any atom is -0.451 e. The van der Waals surface area contributed by atoms with Crippen molar-refractivity contribution < 1.29 is 19.1 Å². The molecule has 1 unspecified atom stereocenters. The van der Waals surface area contributed by atoms with E-state index in [-0.39, 0.29) is 11.7 Å². The summed E-state index contributed by atoms with van der Waals surface area (Å²) in [4.78, 5) is 38.5. The van der Waals surface area contributed by atoms with Crippen LogP contribution in [0.5, 0.6) is 0 Å². The molecule has 1 fully saturated rings. The minimum absolute atomic E-state index is 0.0552. The van der Waals surface area contributed by atoms with Crippen LogP contribution in [0.4, 0.5) is 5.69 Å². The van der Waals surface area contributed by atoms with Crippen LogP contribution in [0, 0.1) is 0 Å². The molecule has 1 atom stereocenters. The Hall–Kier alpha value is -2.95. The molecule has 5 nitrogen and oxygen atoms in total. The first kappa shape index (κ1) is 18.8. The summed E-state index contributed by atoms with van der Waals surface area (Å²) in [6.45, 7) is 4.27. The summed E-state index contributed by atoms with van der Waals surface area (Å²) in [6, 6.07) is 14.1. The summed E-state index contributed by atoms with van der Waals surface area (Å²) in [5, 5.41) is 0. The zero-order valence-corrected chi connectivity index (χ0v) is 15.6. The standard InChI is InChI=1S/C22H23NO4/c1-3-16-9-11-17(12-10-16)21(25)15(2)27-22(26)18-6-4-7-19(14-18)23-13-5-8-20(23)24/h4,6-7,9-12,14-15H,3,5,8,13H2,1-2H3. The lowest BCUT2D eigenvalue weighted by atomic mass is 10.0. The molecule has 1 amide bonds. The molecule has 1 heterocycles. The van der Waals surface area contributed by atoms with E-state index in [1.807, 2.05) is 19.1 Å². The van der Waals surface area contributed by atoms with Crippen LogP contribution in [0.1, 0.15) is 53.0 Å². The lowest BCUT2D eigenvalue weighted by Gasteiger charge is -2.17. The number of esters is 1. The van der Waals surface area contributed by atoms with E-state index < -0.39 is 12.1 Å². The lowest BCUT2D eigenvalue weighted by molar-refractivity contribution is -0.117. The van der Waals surface area contributed by atoms with Gasteiger partial charge in [-0.15, -0.1) is 0 Å². The van der Waals surface area contributed by atoms with Crippen molar-refractivity contribution in [3.05, 3.63) is 65.2 Å². The number of rotatable bonds is 6. The van der Waals surface area contributed by atoms with Crippen LogP contribution in [0.3, 0.4) is 0 Å². The van der Waals surface area contributed by atoms with Gasteiger partial charge in [-0.05, 0) is 43.5 Å². The maximum atomic E-state index is 12.5. The third kappa shape index (κ3) is 4.25. The highest BCUT2D eigenvalue weighted by Crippen LogP contribution is 2.23. The first-order valence-electron chi connectivity index (χ1n) is 9.24. The number of carbonyl (C=O) groups excluding carboxylic acids is 3. The summed E-state index contributed by atoms with van der Waals surface area (Å²) in [6.07, 6.45) is 1.35. The molecule has 0 radical (unpaired) electrons. The molecular weight excluding hydrogens is 342 g/mol. The van der Waals surface area contributed by atoms with E-state index in [0.717, 1.165) is 18.4 Å². The van der Waals surface area contributed by atoms with Gasteiger partial charge in [0.2, 0.25) is 11.7 Å². The van der Waals surface area contributed by atoms with Crippen molar-refractivity contribution in [2.24, 2.45) is 0 Å². The fraction of sp³-hybridized carbons (Fsp3) is 0.318. The van der Waals surface area contributed by atoms with Gasteiger partial charge in [-0.3, -0.25) is 9.59 Å². The van der Waals surface area contributed by atoms with E-state index in [0.29, 0.717) is 29.8 Å². The smallest absolute Gasteiger partial charge is 0.338 e. The van der Waals surface area contributed by atoms with Crippen LogP contribution in [0.2, 0.25) is 0 Å². The van der Waals surface area contributed by atoms with Gasteiger partial charge in [0.05, 0.1) is 5.56 Å². The zero-order valence-electron chi connectivity index (χ0n) is 15.6. The van der Waals surface area contributed by atoms with Crippen molar-refractivity contribution in [1.82, 2.24) is 0 Å². The highest BCUT2D eigenvalue weighted by atomic mass is 16.5. The second-order valence-electron chi connectivity index (χ2n) is 6.66. The topological polar surface area (TPSA) is 63.7 Å². The highest BCUT2D eigenvalue weighted by molar-refractivity contribution is 6.02. The van der Waals surface area contributed by atoms with Gasteiger partial charge < -0.3 is 9.64 Å². The van der Waals surface area contributed by atoms with Gasteiger partial charge in [0.1, 0.15) is 0 Å². The van der Waals surface area contributed by atoms with Crippen molar-refractivity contribution >= 4 is 23.3 Å². The van der Waals surface area contributed by atoms with E-state index in [2.05, 4.69) is 0 Å². The van der Waals surface area contributed by atoms with Crippen molar-refractivity contribution in [1.29, 1.82) is 0 Å². The Morgan fingerprint density at radius 3 is 2.48 bits per heavy atom. The third-order valence-electron chi connectivity index (χ3n) is 4.77. The van der Waals surface area contributed by atoms with Crippen LogP contribution in [0.15, 0.2) is 48.5 Å². The average Bonchev–Trinajstić information content (AvgIpc) is 3.13. The predicted octanol–water partition coefficient (Wildman–Crippen LogP) is 3.80. The van der Waals surface area contributed by atoms with Crippen molar-refractivity contribution in [3.8, 4) is 0 Å². The number of Topliss-reactive ketones (excluding diaryl/α,β-unsaturated/α-hetero) is 1. The number of ketones is 1. The quantitative estimate of drug-likeness (QED) is 0.577.